The van der Waals surface area contributed by atoms with Crippen LogP contribution in [0.5, 0.6) is 11.5 Å². The minimum atomic E-state index is -1.20. The van der Waals surface area contributed by atoms with Crippen LogP contribution < -0.4 is 15.4 Å². The molecular formula is C33H27Cl2N3O3. The number of halogens is 2. The summed E-state index contributed by atoms with van der Waals surface area (Å²) in [5, 5.41) is 7.41. The van der Waals surface area contributed by atoms with Crippen LogP contribution in [0.2, 0.25) is 5.02 Å². The van der Waals surface area contributed by atoms with E-state index in [1.807, 2.05) is 56.3 Å². The predicted molar refractivity (Wildman–Crippen MR) is 160 cm³/mol. The van der Waals surface area contributed by atoms with Gasteiger partial charge >= 0.3 is 0 Å². The maximum atomic E-state index is 14.4. The number of benzene rings is 2. The van der Waals surface area contributed by atoms with Crippen molar-refractivity contribution in [3.63, 3.8) is 0 Å². The van der Waals surface area contributed by atoms with Gasteiger partial charge in [0, 0.05) is 56.8 Å². The Balaban J connectivity index is 1.59. The molecule has 1 aliphatic carbocycles. The highest BCUT2D eigenvalue weighted by atomic mass is 35.5. The van der Waals surface area contributed by atoms with Crippen LogP contribution in [0, 0.1) is 38.0 Å². The molecule has 6 nitrogen and oxygen atoms in total. The summed E-state index contributed by atoms with van der Waals surface area (Å²) in [4.78, 5) is 32.3. The predicted octanol–water partition coefficient (Wildman–Crippen LogP) is 6.89. The van der Waals surface area contributed by atoms with Crippen LogP contribution >= 0.6 is 23.2 Å². The summed E-state index contributed by atoms with van der Waals surface area (Å²) in [6, 6.07) is 13.6. The number of hydrogen-bond donors (Lipinski definition) is 2. The number of terminal acetylenes is 1. The second-order valence-electron chi connectivity index (χ2n) is 10.8. The van der Waals surface area contributed by atoms with E-state index in [0.717, 1.165) is 17.0 Å². The number of allylic oxidation sites excluding steroid dienone is 4. The lowest BCUT2D eigenvalue weighted by Gasteiger charge is -2.49. The molecule has 0 saturated carbocycles. The second kappa shape index (κ2) is 10.4. The van der Waals surface area contributed by atoms with Gasteiger partial charge in [-0.1, -0.05) is 47.3 Å². The number of anilines is 1. The molecule has 2 N–H and O–H groups in total. The molecule has 8 heteroatoms. The lowest BCUT2D eigenvalue weighted by molar-refractivity contribution is -0.135. The SMILES string of the molecule is C#Cc1ccc(Oc2cc(C)nc(C)c2)c([C@@H]2NC(=O)C[C@@H](C3C=CC=C(Cl)C3)[C@]23C(=O)Nc2cc(Cl)ccc23)c1. The van der Waals surface area contributed by atoms with E-state index in [4.69, 9.17) is 34.4 Å². The Bertz CT molecular complexity index is 1690. The second-order valence-corrected chi connectivity index (χ2v) is 11.7. The average Bonchev–Trinajstić information content (AvgIpc) is 3.20. The number of nitrogens with zero attached hydrogens (tertiary/aromatic N) is 1. The van der Waals surface area contributed by atoms with Crippen LogP contribution in [-0.4, -0.2) is 16.8 Å². The molecule has 3 heterocycles. The Hall–Kier alpha value is -4.05. The van der Waals surface area contributed by atoms with Gasteiger partial charge in [0.1, 0.15) is 16.9 Å². The highest BCUT2D eigenvalue weighted by Crippen LogP contribution is 2.58. The molecule has 4 atom stereocenters. The molecule has 2 aromatic carbocycles. The van der Waals surface area contributed by atoms with Crippen LogP contribution in [-0.2, 0) is 15.0 Å². The topological polar surface area (TPSA) is 80.3 Å². The van der Waals surface area contributed by atoms with Crippen molar-refractivity contribution in [2.24, 2.45) is 11.8 Å². The molecular weight excluding hydrogens is 557 g/mol. The number of carbonyl (C=O) groups excluding carboxylic acids is 2. The van der Waals surface area contributed by atoms with E-state index < -0.39 is 17.4 Å². The van der Waals surface area contributed by atoms with Crippen molar-refractivity contribution in [1.29, 1.82) is 0 Å². The molecule has 3 aromatic rings. The minimum Gasteiger partial charge on any atom is -0.457 e. The number of carbonyl (C=O) groups is 2. The number of aryl methyl sites for hydroxylation is 2. The first-order chi connectivity index (χ1) is 19.7. The normalized spacial score (nSPS) is 24.8. The highest BCUT2D eigenvalue weighted by Gasteiger charge is 2.62. The van der Waals surface area contributed by atoms with Crippen molar-refractivity contribution in [3.8, 4) is 23.8 Å². The van der Waals surface area contributed by atoms with E-state index in [9.17, 15) is 9.59 Å². The standard InChI is InChI=1S/C33H27Cl2N3O3/c1-4-20-8-11-29(41-24-12-18(2)36-19(3)13-24)25(14-20)31-33(26-10-9-23(35)16-28(26)37-32(33)40)27(17-30(39)38-31)21-6-5-7-22(34)15-21/h1,5-14,16,21,27,31H,15,17H2,2-3H3,(H,37,40)(H,38,39)/t21?,27-,31-,33-/m0/s1. The van der Waals surface area contributed by atoms with Gasteiger partial charge < -0.3 is 15.4 Å². The number of pyridine rings is 1. The first-order valence-corrected chi connectivity index (χ1v) is 14.1. The Kier molecular flexibility index (Phi) is 6.89. The molecule has 1 spiro atoms. The van der Waals surface area contributed by atoms with Crippen LogP contribution in [0.15, 0.2) is 71.8 Å². The maximum Gasteiger partial charge on any atom is 0.237 e. The zero-order valence-electron chi connectivity index (χ0n) is 22.5. The molecule has 0 radical (unpaired) electrons. The minimum absolute atomic E-state index is 0.138. The fourth-order valence-electron chi connectivity index (χ4n) is 6.58. The molecule has 1 unspecified atom stereocenters. The van der Waals surface area contributed by atoms with Gasteiger partial charge in [0.05, 0.1) is 6.04 Å². The van der Waals surface area contributed by atoms with E-state index in [-0.39, 0.29) is 24.2 Å². The summed E-state index contributed by atoms with van der Waals surface area (Å²) in [5.41, 5.74) is 2.98. The van der Waals surface area contributed by atoms with Gasteiger partial charge in [-0.3, -0.25) is 14.6 Å². The first kappa shape index (κ1) is 27.1. The number of nitrogens with one attached hydrogen (secondary N) is 2. The van der Waals surface area contributed by atoms with Crippen molar-refractivity contribution in [3.05, 3.63) is 105 Å². The summed E-state index contributed by atoms with van der Waals surface area (Å²) in [6.45, 7) is 3.79. The smallest absolute Gasteiger partial charge is 0.237 e. The molecule has 1 saturated heterocycles. The van der Waals surface area contributed by atoms with Crippen LogP contribution in [0.4, 0.5) is 5.69 Å². The molecule has 41 heavy (non-hydrogen) atoms. The number of piperidine rings is 1. The quantitative estimate of drug-likeness (QED) is 0.328. The van der Waals surface area contributed by atoms with Crippen molar-refractivity contribution < 1.29 is 14.3 Å². The fourth-order valence-corrected chi connectivity index (χ4v) is 7.01. The van der Waals surface area contributed by atoms with Gasteiger partial charge in [-0.2, -0.15) is 0 Å². The molecule has 6 rings (SSSR count). The summed E-state index contributed by atoms with van der Waals surface area (Å²) >= 11 is 12.9. The fraction of sp³-hybridized carbons (Fsp3) is 0.242. The maximum absolute atomic E-state index is 14.4. The molecule has 206 valence electrons. The lowest BCUT2D eigenvalue weighted by Crippen LogP contribution is -2.59. The summed E-state index contributed by atoms with van der Waals surface area (Å²) < 4.78 is 6.45. The molecule has 2 aliphatic heterocycles. The van der Waals surface area contributed by atoms with Crippen molar-refractivity contribution in [2.45, 2.75) is 38.1 Å². The number of rotatable bonds is 4. The van der Waals surface area contributed by atoms with E-state index in [1.165, 1.54) is 0 Å². The number of ether oxygens (including phenoxy) is 1. The van der Waals surface area contributed by atoms with E-state index in [0.29, 0.717) is 44.8 Å². The third kappa shape index (κ3) is 4.69. The lowest BCUT2D eigenvalue weighted by atomic mass is 9.57. The first-order valence-electron chi connectivity index (χ1n) is 13.4. The van der Waals surface area contributed by atoms with Gasteiger partial charge in [0.15, 0.2) is 0 Å². The third-order valence-electron chi connectivity index (χ3n) is 8.16. The Morgan fingerprint density at radius 3 is 2.56 bits per heavy atom. The Morgan fingerprint density at radius 2 is 1.83 bits per heavy atom. The van der Waals surface area contributed by atoms with E-state index in [1.54, 1.807) is 24.3 Å². The largest absolute Gasteiger partial charge is 0.457 e. The van der Waals surface area contributed by atoms with Crippen molar-refractivity contribution >= 4 is 40.7 Å². The van der Waals surface area contributed by atoms with E-state index >= 15 is 0 Å². The average molecular weight is 585 g/mol. The van der Waals surface area contributed by atoms with Crippen LogP contribution in [0.25, 0.3) is 0 Å². The summed E-state index contributed by atoms with van der Waals surface area (Å²) in [7, 11) is 0. The monoisotopic (exact) mass is 583 g/mol. The van der Waals surface area contributed by atoms with Gasteiger partial charge in [-0.05, 0) is 74.1 Å². The number of hydrogen-bond acceptors (Lipinski definition) is 4. The summed E-state index contributed by atoms with van der Waals surface area (Å²) in [5.74, 6) is 2.77. The number of fused-ring (bicyclic) bond motifs is 2. The Labute approximate surface area is 248 Å². The Morgan fingerprint density at radius 1 is 1.05 bits per heavy atom. The van der Waals surface area contributed by atoms with Crippen molar-refractivity contribution in [1.82, 2.24) is 10.3 Å². The highest BCUT2D eigenvalue weighted by molar-refractivity contribution is 6.31. The molecule has 1 aromatic heterocycles. The molecule has 1 fully saturated rings. The van der Waals surface area contributed by atoms with Gasteiger partial charge in [0.2, 0.25) is 11.8 Å². The number of aromatic nitrogens is 1. The van der Waals surface area contributed by atoms with Gasteiger partial charge in [-0.25, -0.2) is 0 Å². The zero-order valence-corrected chi connectivity index (χ0v) is 24.0. The van der Waals surface area contributed by atoms with E-state index in [2.05, 4.69) is 21.5 Å². The third-order valence-corrected chi connectivity index (χ3v) is 8.67. The summed E-state index contributed by atoms with van der Waals surface area (Å²) in [6.07, 6.45) is 12.3. The van der Waals surface area contributed by atoms with Crippen LogP contribution in [0.1, 0.15) is 47.0 Å². The molecule has 0 bridgehead atoms. The molecule has 3 aliphatic rings. The number of amides is 2. The van der Waals surface area contributed by atoms with Crippen LogP contribution in [0.3, 0.4) is 0 Å². The molecule has 2 amide bonds. The van der Waals surface area contributed by atoms with Gasteiger partial charge in [-0.15, -0.1) is 6.42 Å². The van der Waals surface area contributed by atoms with Gasteiger partial charge in [0.25, 0.3) is 0 Å². The van der Waals surface area contributed by atoms with Crippen molar-refractivity contribution in [2.75, 3.05) is 5.32 Å². The zero-order chi connectivity index (χ0) is 28.9.